The van der Waals surface area contributed by atoms with Crippen LogP contribution in [0.3, 0.4) is 0 Å². The van der Waals surface area contributed by atoms with Crippen LogP contribution in [0, 0.1) is 6.92 Å². The second-order valence-electron chi connectivity index (χ2n) is 6.42. The summed E-state index contributed by atoms with van der Waals surface area (Å²) in [5.41, 5.74) is 0.854. The monoisotopic (exact) mass is 419 g/mol. The van der Waals surface area contributed by atoms with Gasteiger partial charge in [0.05, 0.1) is 23.3 Å². The molecule has 0 bridgehead atoms. The Bertz CT molecular complexity index is 1110. The molecule has 28 heavy (non-hydrogen) atoms. The number of anilines is 1. The molecule has 9 heteroatoms. The molecule has 2 heterocycles. The summed E-state index contributed by atoms with van der Waals surface area (Å²) >= 11 is 6.04. The third-order valence-corrected chi connectivity index (χ3v) is 6.29. The second-order valence-corrected chi connectivity index (χ2v) is 8.48. The van der Waals surface area contributed by atoms with Crippen LogP contribution in [0.2, 0.25) is 5.02 Å². The first-order chi connectivity index (χ1) is 13.4. The van der Waals surface area contributed by atoms with Crippen LogP contribution < -0.4 is 14.2 Å². The fourth-order valence-corrected chi connectivity index (χ4v) is 4.49. The topological polar surface area (TPSA) is 82.5 Å². The van der Waals surface area contributed by atoms with Gasteiger partial charge in [-0.15, -0.1) is 0 Å². The van der Waals surface area contributed by atoms with Crippen molar-refractivity contribution in [1.29, 1.82) is 0 Å². The molecule has 0 saturated carbocycles. The molecule has 2 aromatic carbocycles. The van der Waals surface area contributed by atoms with E-state index in [0.717, 1.165) is 0 Å². The summed E-state index contributed by atoms with van der Waals surface area (Å²) in [6, 6.07) is 12.2. The maximum Gasteiger partial charge on any atom is 0.262 e. The Morgan fingerprint density at radius 1 is 1.21 bits per heavy atom. The van der Waals surface area contributed by atoms with Gasteiger partial charge in [-0.3, -0.25) is 9.40 Å². The standard InChI is InChI=1S/C19H18ClN3O4S/c1-13-16(20)5-4-8-19(13)28(24,25)22-14-9-21-23(10-14)11-15-12-26-17-6-2-3-7-18(17)27-15/h2-10,15,22H,11-12H2,1H3. The normalized spacial score (nSPS) is 16.0. The second kappa shape index (κ2) is 7.37. The highest BCUT2D eigenvalue weighted by Crippen LogP contribution is 2.31. The lowest BCUT2D eigenvalue weighted by Gasteiger charge is -2.26. The van der Waals surface area contributed by atoms with Crippen molar-refractivity contribution >= 4 is 27.3 Å². The molecule has 0 spiro atoms. The summed E-state index contributed by atoms with van der Waals surface area (Å²) in [7, 11) is -3.77. The number of nitrogens with zero attached hydrogens (tertiary/aromatic N) is 2. The first-order valence-corrected chi connectivity index (χ1v) is 10.5. The van der Waals surface area contributed by atoms with Crippen molar-refractivity contribution in [3.05, 3.63) is 65.4 Å². The SMILES string of the molecule is Cc1c(Cl)cccc1S(=O)(=O)Nc1cnn(CC2COc3ccccc3O2)c1. The molecule has 146 valence electrons. The average Bonchev–Trinajstić information content (AvgIpc) is 3.09. The number of halogens is 1. The van der Waals surface area contributed by atoms with Gasteiger partial charge in [0.2, 0.25) is 0 Å². The Labute approximate surface area is 167 Å². The number of para-hydroxylation sites is 2. The van der Waals surface area contributed by atoms with Gasteiger partial charge in [-0.05, 0) is 36.8 Å². The molecule has 4 rings (SSSR count). The van der Waals surface area contributed by atoms with E-state index in [0.29, 0.717) is 40.9 Å². The lowest BCUT2D eigenvalue weighted by atomic mass is 10.2. The maximum atomic E-state index is 12.7. The number of hydrogen-bond acceptors (Lipinski definition) is 5. The predicted octanol–water partition coefficient (Wildman–Crippen LogP) is 3.49. The zero-order valence-electron chi connectivity index (χ0n) is 15.0. The van der Waals surface area contributed by atoms with Crippen molar-refractivity contribution in [3.63, 3.8) is 0 Å². The molecule has 7 nitrogen and oxygen atoms in total. The van der Waals surface area contributed by atoms with Gasteiger partial charge in [-0.2, -0.15) is 5.10 Å². The van der Waals surface area contributed by atoms with Gasteiger partial charge in [0.15, 0.2) is 17.6 Å². The van der Waals surface area contributed by atoms with Crippen molar-refractivity contribution in [3.8, 4) is 11.5 Å². The molecule has 1 aromatic heterocycles. The van der Waals surface area contributed by atoms with E-state index in [4.69, 9.17) is 21.1 Å². The summed E-state index contributed by atoms with van der Waals surface area (Å²) in [6.07, 6.45) is 2.84. The van der Waals surface area contributed by atoms with Crippen LogP contribution >= 0.6 is 11.6 Å². The highest BCUT2D eigenvalue weighted by molar-refractivity contribution is 7.92. The fourth-order valence-electron chi connectivity index (χ4n) is 2.97. The summed E-state index contributed by atoms with van der Waals surface area (Å²) < 4.78 is 41.1. The Kier molecular flexibility index (Phi) is 4.91. The van der Waals surface area contributed by atoms with Crippen molar-refractivity contribution in [1.82, 2.24) is 9.78 Å². The lowest BCUT2D eigenvalue weighted by Crippen LogP contribution is -2.33. The van der Waals surface area contributed by atoms with Crippen LogP contribution in [0.5, 0.6) is 11.5 Å². The van der Waals surface area contributed by atoms with Crippen molar-refractivity contribution in [2.24, 2.45) is 0 Å². The van der Waals surface area contributed by atoms with E-state index in [1.165, 1.54) is 12.3 Å². The molecule has 1 atom stereocenters. The van der Waals surface area contributed by atoms with Crippen molar-refractivity contribution in [2.45, 2.75) is 24.5 Å². The Balaban J connectivity index is 1.46. The third-order valence-electron chi connectivity index (χ3n) is 4.35. The van der Waals surface area contributed by atoms with Gasteiger partial charge in [0, 0.05) is 11.2 Å². The summed E-state index contributed by atoms with van der Waals surface area (Å²) in [5, 5.41) is 4.61. The first-order valence-electron chi connectivity index (χ1n) is 8.61. The summed E-state index contributed by atoms with van der Waals surface area (Å²) in [6.45, 7) is 2.48. The van der Waals surface area contributed by atoms with Crippen molar-refractivity contribution in [2.75, 3.05) is 11.3 Å². The molecule has 0 radical (unpaired) electrons. The first kappa shape index (κ1) is 18.6. The molecule has 1 unspecified atom stereocenters. The van der Waals surface area contributed by atoms with Crippen LogP contribution in [-0.4, -0.2) is 30.9 Å². The minimum absolute atomic E-state index is 0.133. The number of ether oxygens (including phenoxy) is 2. The zero-order valence-corrected chi connectivity index (χ0v) is 16.6. The van der Waals surface area contributed by atoms with Gasteiger partial charge in [-0.1, -0.05) is 29.8 Å². The van der Waals surface area contributed by atoms with Gasteiger partial charge in [0.1, 0.15) is 6.61 Å². The molecule has 1 N–H and O–H groups in total. The number of rotatable bonds is 5. The van der Waals surface area contributed by atoms with Crippen molar-refractivity contribution < 1.29 is 17.9 Å². The summed E-state index contributed by atoms with van der Waals surface area (Å²) in [4.78, 5) is 0.133. The lowest BCUT2D eigenvalue weighted by molar-refractivity contribution is 0.0759. The molecule has 0 saturated heterocycles. The Hall–Kier alpha value is -2.71. The number of aromatic nitrogens is 2. The molecule has 0 aliphatic carbocycles. The fraction of sp³-hybridized carbons (Fsp3) is 0.211. The van der Waals surface area contributed by atoms with Crippen LogP contribution in [0.1, 0.15) is 5.56 Å². The molecule has 0 amide bonds. The molecular weight excluding hydrogens is 402 g/mol. The number of hydrogen-bond donors (Lipinski definition) is 1. The van der Waals surface area contributed by atoms with Gasteiger partial charge < -0.3 is 9.47 Å². The summed E-state index contributed by atoms with van der Waals surface area (Å²) in [5.74, 6) is 1.40. The van der Waals surface area contributed by atoms with E-state index in [-0.39, 0.29) is 11.0 Å². The van der Waals surface area contributed by atoms with Crippen LogP contribution in [0.25, 0.3) is 0 Å². The van der Waals surface area contributed by atoms with Crippen LogP contribution in [-0.2, 0) is 16.6 Å². The average molecular weight is 420 g/mol. The Morgan fingerprint density at radius 2 is 2.00 bits per heavy atom. The molecule has 1 aliphatic heterocycles. The third kappa shape index (κ3) is 3.79. The molecule has 1 aliphatic rings. The van der Waals surface area contributed by atoms with Crippen LogP contribution in [0.15, 0.2) is 59.8 Å². The smallest absolute Gasteiger partial charge is 0.262 e. The number of nitrogens with one attached hydrogen (secondary N) is 1. The van der Waals surface area contributed by atoms with E-state index < -0.39 is 10.0 Å². The van der Waals surface area contributed by atoms with Gasteiger partial charge >= 0.3 is 0 Å². The largest absolute Gasteiger partial charge is 0.486 e. The zero-order chi connectivity index (χ0) is 19.7. The Morgan fingerprint density at radius 3 is 2.82 bits per heavy atom. The maximum absolute atomic E-state index is 12.7. The molecular formula is C19H18ClN3O4S. The van der Waals surface area contributed by atoms with E-state index in [9.17, 15) is 8.42 Å². The van der Waals surface area contributed by atoms with Gasteiger partial charge in [0.25, 0.3) is 10.0 Å². The van der Waals surface area contributed by atoms with Gasteiger partial charge in [-0.25, -0.2) is 8.42 Å². The quantitative estimate of drug-likeness (QED) is 0.684. The van der Waals surface area contributed by atoms with E-state index >= 15 is 0 Å². The number of benzene rings is 2. The minimum atomic E-state index is -3.77. The highest BCUT2D eigenvalue weighted by atomic mass is 35.5. The number of sulfonamides is 1. The molecule has 3 aromatic rings. The van der Waals surface area contributed by atoms with E-state index in [1.807, 2.05) is 24.3 Å². The van der Waals surface area contributed by atoms with E-state index in [1.54, 1.807) is 29.9 Å². The highest BCUT2D eigenvalue weighted by Gasteiger charge is 2.22. The van der Waals surface area contributed by atoms with Crippen LogP contribution in [0.4, 0.5) is 5.69 Å². The van der Waals surface area contributed by atoms with E-state index in [2.05, 4.69) is 9.82 Å². The minimum Gasteiger partial charge on any atom is -0.486 e. The predicted molar refractivity (Wildman–Crippen MR) is 106 cm³/mol. The number of fused-ring (bicyclic) bond motifs is 1. The molecule has 0 fully saturated rings.